The summed E-state index contributed by atoms with van der Waals surface area (Å²) in [6, 6.07) is 4.28. The van der Waals surface area contributed by atoms with Gasteiger partial charge in [-0.1, -0.05) is 18.6 Å². The van der Waals surface area contributed by atoms with Crippen molar-refractivity contribution in [2.75, 3.05) is 23.7 Å². The number of hydrogen-bond acceptors (Lipinski definition) is 5. The summed E-state index contributed by atoms with van der Waals surface area (Å²) in [5.74, 6) is 0.444. The minimum absolute atomic E-state index is 0.212. The Balaban J connectivity index is 1.87. The van der Waals surface area contributed by atoms with Gasteiger partial charge in [-0.25, -0.2) is 8.42 Å². The first-order valence-electron chi connectivity index (χ1n) is 11.2. The van der Waals surface area contributed by atoms with Gasteiger partial charge in [0.15, 0.2) is 9.84 Å². The molecule has 0 radical (unpaired) electrons. The molecule has 0 unspecified atom stereocenters. The third-order valence-corrected chi connectivity index (χ3v) is 8.08. The van der Waals surface area contributed by atoms with E-state index in [-0.39, 0.29) is 29.0 Å². The molecule has 0 bridgehead atoms. The number of carbonyl (C=O) groups is 1. The van der Waals surface area contributed by atoms with Gasteiger partial charge in [0.2, 0.25) is 0 Å². The van der Waals surface area contributed by atoms with E-state index >= 15 is 0 Å². The van der Waals surface area contributed by atoms with Gasteiger partial charge in [-0.15, -0.1) is 0 Å². The van der Waals surface area contributed by atoms with Crippen LogP contribution in [0, 0.1) is 13.8 Å². The average molecular weight is 438 g/mol. The van der Waals surface area contributed by atoms with E-state index in [2.05, 4.69) is 44.7 Å². The monoisotopic (exact) mass is 437 g/mol. The summed E-state index contributed by atoms with van der Waals surface area (Å²) in [5.41, 5.74) is 4.74. The number of Topliss-reactive ketones (excluding diaryl/α,β-unsaturated/α-hetero) is 1. The van der Waals surface area contributed by atoms with E-state index in [9.17, 15) is 13.2 Å². The van der Waals surface area contributed by atoms with Crippen LogP contribution in [0.2, 0.25) is 0 Å². The molecule has 5 nitrogen and oxygen atoms in total. The number of morpholine rings is 1. The van der Waals surface area contributed by atoms with E-state index in [1.54, 1.807) is 13.8 Å². The second kappa shape index (κ2) is 10.8. The highest BCUT2D eigenvalue weighted by atomic mass is 32.2. The summed E-state index contributed by atoms with van der Waals surface area (Å²) in [5, 5.41) is -0.322. The second-order valence-electron chi connectivity index (χ2n) is 9.18. The van der Waals surface area contributed by atoms with E-state index in [1.165, 1.54) is 16.8 Å². The van der Waals surface area contributed by atoms with Crippen LogP contribution in [-0.2, 0) is 25.8 Å². The molecule has 1 heterocycles. The van der Waals surface area contributed by atoms with Gasteiger partial charge >= 0.3 is 0 Å². The van der Waals surface area contributed by atoms with Gasteiger partial charge in [0.25, 0.3) is 0 Å². The molecule has 0 saturated carbocycles. The van der Waals surface area contributed by atoms with Gasteiger partial charge in [0, 0.05) is 31.6 Å². The molecule has 6 heteroatoms. The van der Waals surface area contributed by atoms with Crippen LogP contribution < -0.4 is 4.90 Å². The zero-order valence-corrected chi connectivity index (χ0v) is 20.3. The Kier molecular flexibility index (Phi) is 8.92. The van der Waals surface area contributed by atoms with Crippen molar-refractivity contribution in [3.8, 4) is 0 Å². The number of anilines is 1. The number of nitrogens with zero attached hydrogens (tertiary/aromatic N) is 1. The van der Waals surface area contributed by atoms with Crippen LogP contribution in [0.3, 0.4) is 0 Å². The van der Waals surface area contributed by atoms with Crippen LogP contribution in [0.5, 0.6) is 0 Å². The first kappa shape index (κ1) is 24.9. The van der Waals surface area contributed by atoms with E-state index in [0.717, 1.165) is 31.5 Å². The number of aryl methyl sites for hydroxylation is 2. The molecule has 1 aromatic rings. The number of carbonyl (C=O) groups excluding carboxylic acids is 1. The maximum atomic E-state index is 12.4. The number of ketones is 1. The highest BCUT2D eigenvalue weighted by Crippen LogP contribution is 2.29. The lowest BCUT2D eigenvalue weighted by Crippen LogP contribution is -2.46. The fourth-order valence-electron chi connectivity index (χ4n) is 4.36. The number of ether oxygens (including phenoxy) is 1. The summed E-state index contributed by atoms with van der Waals surface area (Å²) in [7, 11) is -2.97. The molecule has 0 aliphatic carbocycles. The third kappa shape index (κ3) is 7.09. The average Bonchev–Trinajstić information content (AvgIpc) is 2.59. The van der Waals surface area contributed by atoms with Gasteiger partial charge in [-0.2, -0.15) is 0 Å². The van der Waals surface area contributed by atoms with Crippen LogP contribution in [0.1, 0.15) is 70.1 Å². The van der Waals surface area contributed by atoms with E-state index in [4.69, 9.17) is 4.74 Å². The molecule has 1 aliphatic heterocycles. The Morgan fingerprint density at radius 3 is 2.17 bits per heavy atom. The minimum atomic E-state index is -2.97. The fourth-order valence-corrected chi connectivity index (χ4v) is 5.44. The van der Waals surface area contributed by atoms with Crippen molar-refractivity contribution in [1.29, 1.82) is 0 Å². The third-order valence-electron chi connectivity index (χ3n) is 5.79. The Morgan fingerprint density at radius 2 is 1.63 bits per heavy atom. The highest BCUT2D eigenvalue weighted by Gasteiger charge is 2.24. The maximum Gasteiger partial charge on any atom is 0.152 e. The van der Waals surface area contributed by atoms with E-state index < -0.39 is 9.84 Å². The van der Waals surface area contributed by atoms with Gasteiger partial charge in [0.1, 0.15) is 5.78 Å². The molecule has 2 atom stereocenters. The molecular formula is C24H39NO4S. The first-order chi connectivity index (χ1) is 14.0. The lowest BCUT2D eigenvalue weighted by molar-refractivity contribution is -0.118. The maximum absolute atomic E-state index is 12.4. The first-order valence-corrected chi connectivity index (χ1v) is 12.9. The number of unbranched alkanes of at least 4 members (excludes halogenated alkanes) is 2. The van der Waals surface area contributed by atoms with Crippen LogP contribution in [0.25, 0.3) is 0 Å². The number of benzene rings is 1. The van der Waals surface area contributed by atoms with E-state index in [0.29, 0.717) is 19.3 Å². The van der Waals surface area contributed by atoms with Crippen LogP contribution in [-0.4, -0.2) is 50.5 Å². The lowest BCUT2D eigenvalue weighted by Gasteiger charge is -2.38. The van der Waals surface area contributed by atoms with E-state index in [1.807, 2.05) is 0 Å². The highest BCUT2D eigenvalue weighted by molar-refractivity contribution is 7.91. The number of hydrogen-bond donors (Lipinski definition) is 0. The van der Waals surface area contributed by atoms with Gasteiger partial charge < -0.3 is 9.64 Å². The Bertz CT molecular complexity index is 799. The SMILES string of the molecule is Cc1cc(CC(=O)CCCCCS(=O)(=O)C(C)C)cc(C)c1N1C[C@@H](C)O[C@@H](C)C1. The van der Waals surface area contributed by atoms with Gasteiger partial charge in [-0.3, -0.25) is 4.79 Å². The Labute approximate surface area is 183 Å². The zero-order valence-electron chi connectivity index (χ0n) is 19.5. The number of sulfone groups is 1. The molecule has 0 amide bonds. The molecule has 0 spiro atoms. The topological polar surface area (TPSA) is 63.7 Å². The number of rotatable bonds is 10. The molecule has 1 aliphatic rings. The molecule has 0 N–H and O–H groups in total. The molecule has 170 valence electrons. The van der Waals surface area contributed by atoms with Crippen molar-refractivity contribution in [3.63, 3.8) is 0 Å². The van der Waals surface area contributed by atoms with Crippen LogP contribution in [0.4, 0.5) is 5.69 Å². The van der Waals surface area contributed by atoms with Crippen molar-refractivity contribution in [2.45, 2.75) is 91.1 Å². The van der Waals surface area contributed by atoms with Crippen molar-refractivity contribution < 1.29 is 17.9 Å². The smallest absolute Gasteiger partial charge is 0.152 e. The van der Waals surface area contributed by atoms with Gasteiger partial charge in [-0.05, 0) is 71.1 Å². The molecule has 1 aromatic carbocycles. The van der Waals surface area contributed by atoms with Crippen molar-refractivity contribution in [1.82, 2.24) is 0 Å². The minimum Gasteiger partial charge on any atom is -0.372 e. The van der Waals surface area contributed by atoms with Gasteiger partial charge in [0.05, 0.1) is 23.2 Å². The fraction of sp³-hybridized carbons (Fsp3) is 0.708. The van der Waals surface area contributed by atoms with Crippen molar-refractivity contribution >= 4 is 21.3 Å². The largest absolute Gasteiger partial charge is 0.372 e. The molecule has 2 rings (SSSR count). The lowest BCUT2D eigenvalue weighted by atomic mass is 9.97. The predicted octanol–water partition coefficient (Wildman–Crippen LogP) is 4.41. The van der Waals surface area contributed by atoms with Crippen molar-refractivity contribution in [3.05, 3.63) is 28.8 Å². The molecule has 0 aromatic heterocycles. The summed E-state index contributed by atoms with van der Waals surface area (Å²) in [4.78, 5) is 14.8. The Hall–Kier alpha value is -1.40. The van der Waals surface area contributed by atoms with Crippen LogP contribution in [0.15, 0.2) is 12.1 Å². The summed E-state index contributed by atoms with van der Waals surface area (Å²) in [6.07, 6.45) is 3.56. The Morgan fingerprint density at radius 1 is 1.07 bits per heavy atom. The summed E-state index contributed by atoms with van der Waals surface area (Å²) < 4.78 is 29.5. The van der Waals surface area contributed by atoms with Crippen LogP contribution >= 0.6 is 0 Å². The standard InChI is InChI=1S/C24H39NO4S/c1-17(2)30(27,28)11-9-7-8-10-23(26)14-22-12-18(3)24(19(4)13-22)25-15-20(5)29-21(6)16-25/h12-13,17,20-21H,7-11,14-16H2,1-6H3/t20-,21+. The summed E-state index contributed by atoms with van der Waals surface area (Å²) >= 11 is 0. The molecule has 1 saturated heterocycles. The molecular weight excluding hydrogens is 398 g/mol. The molecule has 30 heavy (non-hydrogen) atoms. The quantitative estimate of drug-likeness (QED) is 0.507. The molecule has 1 fully saturated rings. The van der Waals surface area contributed by atoms with Crippen molar-refractivity contribution in [2.24, 2.45) is 0 Å². The zero-order chi connectivity index (χ0) is 22.5. The predicted molar refractivity (Wildman–Crippen MR) is 124 cm³/mol. The second-order valence-corrected chi connectivity index (χ2v) is 11.9. The normalized spacial score (nSPS) is 20.0. The summed E-state index contributed by atoms with van der Waals surface area (Å²) in [6.45, 7) is 13.7.